The van der Waals surface area contributed by atoms with Gasteiger partial charge >= 0.3 is 6.36 Å². The molecule has 0 aliphatic rings. The van der Waals surface area contributed by atoms with Crippen molar-refractivity contribution in [3.63, 3.8) is 0 Å². The van der Waals surface area contributed by atoms with Crippen molar-refractivity contribution in [2.24, 2.45) is 5.92 Å². The van der Waals surface area contributed by atoms with E-state index < -0.39 is 29.7 Å². The summed E-state index contributed by atoms with van der Waals surface area (Å²) in [5, 5.41) is 10.9. The van der Waals surface area contributed by atoms with Crippen molar-refractivity contribution in [2.75, 3.05) is 7.05 Å². The number of carbonyl (C=O) groups is 2. The number of ether oxygens (including phenoxy) is 1. The normalized spacial score (nSPS) is 12.2. The van der Waals surface area contributed by atoms with Gasteiger partial charge < -0.3 is 10.1 Å². The first kappa shape index (κ1) is 15.5. The molecule has 106 valence electrons. The second kappa shape index (κ2) is 6.06. The number of nitrogens with one attached hydrogen (secondary N) is 1. The summed E-state index contributed by atoms with van der Waals surface area (Å²) >= 11 is 0. The Hall–Kier alpha value is -2.56. The molecule has 0 aromatic heterocycles. The summed E-state index contributed by atoms with van der Waals surface area (Å²) in [7, 11) is 1.24. The first-order chi connectivity index (χ1) is 9.28. The minimum Gasteiger partial charge on any atom is -0.406 e. The molecule has 1 N–H and O–H groups in total. The minimum absolute atomic E-state index is 0.220. The van der Waals surface area contributed by atoms with Crippen LogP contribution in [0.4, 0.5) is 13.2 Å². The lowest BCUT2D eigenvalue weighted by atomic mass is 9.98. The highest BCUT2D eigenvalue weighted by atomic mass is 19.4. The lowest BCUT2D eigenvalue weighted by Crippen LogP contribution is -2.32. The van der Waals surface area contributed by atoms with Crippen LogP contribution in [0.5, 0.6) is 5.75 Å². The summed E-state index contributed by atoms with van der Waals surface area (Å²) in [5.41, 5.74) is -0.220. The lowest BCUT2D eigenvalue weighted by Gasteiger charge is -2.11. The van der Waals surface area contributed by atoms with E-state index in [2.05, 4.69) is 10.1 Å². The number of rotatable bonds is 4. The highest BCUT2D eigenvalue weighted by Gasteiger charge is 2.32. The van der Waals surface area contributed by atoms with Crippen LogP contribution in [0.2, 0.25) is 0 Å². The summed E-state index contributed by atoms with van der Waals surface area (Å²) in [6, 6.07) is 5.67. The SMILES string of the molecule is CNC(=O)[C@H](C#N)C(=O)c1cccc(OC(F)(F)F)c1. The van der Waals surface area contributed by atoms with Crippen LogP contribution < -0.4 is 10.1 Å². The van der Waals surface area contributed by atoms with Crippen molar-refractivity contribution in [1.29, 1.82) is 5.26 Å². The van der Waals surface area contributed by atoms with Gasteiger partial charge in [0.15, 0.2) is 11.7 Å². The third-order valence-corrected chi connectivity index (χ3v) is 2.25. The van der Waals surface area contributed by atoms with Gasteiger partial charge in [-0.3, -0.25) is 9.59 Å². The number of benzene rings is 1. The Morgan fingerprint density at radius 2 is 2.05 bits per heavy atom. The van der Waals surface area contributed by atoms with Gasteiger partial charge in [-0.2, -0.15) is 5.26 Å². The van der Waals surface area contributed by atoms with Crippen molar-refractivity contribution >= 4 is 11.7 Å². The van der Waals surface area contributed by atoms with E-state index in [0.29, 0.717) is 0 Å². The van der Waals surface area contributed by atoms with Gasteiger partial charge in [0.1, 0.15) is 5.75 Å². The molecule has 1 rings (SSSR count). The Morgan fingerprint density at radius 3 is 2.55 bits per heavy atom. The zero-order chi connectivity index (χ0) is 15.3. The van der Waals surface area contributed by atoms with Crippen molar-refractivity contribution in [3.05, 3.63) is 29.8 Å². The maximum absolute atomic E-state index is 12.1. The molecule has 0 unspecified atom stereocenters. The van der Waals surface area contributed by atoms with Gasteiger partial charge in [0.05, 0.1) is 6.07 Å². The standard InChI is InChI=1S/C12H9F3N2O3/c1-17-11(19)9(6-16)10(18)7-3-2-4-8(5-7)20-12(13,14)15/h2-5,9H,1H3,(H,17,19)/t9-/m1/s1. The molecule has 1 atom stereocenters. The molecule has 0 fully saturated rings. The number of hydrogen-bond acceptors (Lipinski definition) is 4. The summed E-state index contributed by atoms with van der Waals surface area (Å²) in [6.45, 7) is 0. The van der Waals surface area contributed by atoms with Crippen LogP contribution in [0.1, 0.15) is 10.4 Å². The smallest absolute Gasteiger partial charge is 0.406 e. The van der Waals surface area contributed by atoms with Crippen molar-refractivity contribution < 1.29 is 27.5 Å². The number of alkyl halides is 3. The fraction of sp³-hybridized carbons (Fsp3) is 0.250. The van der Waals surface area contributed by atoms with Crippen LogP contribution in [0.25, 0.3) is 0 Å². The third kappa shape index (κ3) is 3.98. The van der Waals surface area contributed by atoms with Gasteiger partial charge in [-0.05, 0) is 12.1 Å². The highest BCUT2D eigenvalue weighted by Crippen LogP contribution is 2.24. The van der Waals surface area contributed by atoms with Crippen LogP contribution in [0.15, 0.2) is 24.3 Å². The molecule has 0 radical (unpaired) electrons. The zero-order valence-corrected chi connectivity index (χ0v) is 10.2. The van der Waals surface area contributed by atoms with E-state index >= 15 is 0 Å². The first-order valence-electron chi connectivity index (χ1n) is 5.29. The predicted molar refractivity (Wildman–Crippen MR) is 60.6 cm³/mol. The number of hydrogen-bond donors (Lipinski definition) is 1. The molecule has 1 aromatic carbocycles. The molecule has 1 aromatic rings. The molecule has 20 heavy (non-hydrogen) atoms. The summed E-state index contributed by atoms with van der Waals surface area (Å²) in [6.07, 6.45) is -4.89. The number of carbonyl (C=O) groups excluding carboxylic acids is 2. The summed E-state index contributed by atoms with van der Waals surface area (Å²) < 4.78 is 39.8. The quantitative estimate of drug-likeness (QED) is 0.674. The van der Waals surface area contributed by atoms with Crippen LogP contribution in [0, 0.1) is 17.2 Å². The average molecular weight is 286 g/mol. The molecule has 1 amide bonds. The van der Waals surface area contributed by atoms with Crippen molar-refractivity contribution in [3.8, 4) is 11.8 Å². The Morgan fingerprint density at radius 1 is 1.40 bits per heavy atom. The second-order valence-corrected chi connectivity index (χ2v) is 3.62. The number of nitrogens with zero attached hydrogens (tertiary/aromatic N) is 1. The Labute approximate surface area is 111 Å². The number of amides is 1. The van der Waals surface area contributed by atoms with E-state index in [9.17, 15) is 22.8 Å². The van der Waals surface area contributed by atoms with E-state index in [0.717, 1.165) is 18.2 Å². The van der Waals surface area contributed by atoms with Crippen LogP contribution in [-0.4, -0.2) is 25.1 Å². The lowest BCUT2D eigenvalue weighted by molar-refractivity contribution is -0.274. The van der Waals surface area contributed by atoms with Gasteiger partial charge in [-0.1, -0.05) is 12.1 Å². The number of Topliss-reactive ketones (excluding diaryl/α,β-unsaturated/α-hetero) is 1. The fourth-order valence-corrected chi connectivity index (χ4v) is 1.39. The van der Waals surface area contributed by atoms with Crippen LogP contribution in [-0.2, 0) is 4.79 Å². The Kier molecular flexibility index (Phi) is 4.69. The second-order valence-electron chi connectivity index (χ2n) is 3.62. The minimum atomic E-state index is -4.89. The van der Waals surface area contributed by atoms with Gasteiger partial charge in [-0.25, -0.2) is 0 Å². The van der Waals surface area contributed by atoms with E-state index in [1.807, 2.05) is 0 Å². The maximum Gasteiger partial charge on any atom is 0.573 e. The molecule has 0 saturated carbocycles. The number of nitriles is 1. The maximum atomic E-state index is 12.1. The fourth-order valence-electron chi connectivity index (χ4n) is 1.39. The van der Waals surface area contributed by atoms with Crippen LogP contribution >= 0.6 is 0 Å². The number of ketones is 1. The number of halogens is 3. The summed E-state index contributed by atoms with van der Waals surface area (Å²) in [4.78, 5) is 23.2. The van der Waals surface area contributed by atoms with Crippen LogP contribution in [0.3, 0.4) is 0 Å². The van der Waals surface area contributed by atoms with E-state index in [4.69, 9.17) is 5.26 Å². The topological polar surface area (TPSA) is 79.2 Å². The molecule has 0 spiro atoms. The summed E-state index contributed by atoms with van der Waals surface area (Å²) in [5.74, 6) is -3.96. The van der Waals surface area contributed by atoms with Crippen molar-refractivity contribution in [1.82, 2.24) is 5.32 Å². The molecule has 0 aliphatic carbocycles. The highest BCUT2D eigenvalue weighted by molar-refractivity contribution is 6.12. The average Bonchev–Trinajstić information content (AvgIpc) is 2.37. The molecular weight excluding hydrogens is 277 g/mol. The largest absolute Gasteiger partial charge is 0.573 e. The molecule has 0 heterocycles. The molecule has 5 nitrogen and oxygen atoms in total. The predicted octanol–water partition coefficient (Wildman–Crippen LogP) is 1.65. The molecule has 8 heteroatoms. The molecule has 0 saturated heterocycles. The van der Waals surface area contributed by atoms with Gasteiger partial charge in [0.25, 0.3) is 0 Å². The van der Waals surface area contributed by atoms with E-state index in [1.165, 1.54) is 19.2 Å². The Balaban J connectivity index is 3.03. The molecule has 0 aliphatic heterocycles. The van der Waals surface area contributed by atoms with Crippen molar-refractivity contribution in [2.45, 2.75) is 6.36 Å². The monoisotopic (exact) mass is 286 g/mol. The first-order valence-corrected chi connectivity index (χ1v) is 5.29. The molecule has 0 bridgehead atoms. The van der Waals surface area contributed by atoms with E-state index in [-0.39, 0.29) is 5.56 Å². The van der Waals surface area contributed by atoms with Gasteiger partial charge in [0, 0.05) is 12.6 Å². The van der Waals surface area contributed by atoms with Gasteiger partial charge in [0.2, 0.25) is 5.91 Å². The third-order valence-electron chi connectivity index (χ3n) is 2.25. The molecular formula is C12H9F3N2O3. The van der Waals surface area contributed by atoms with E-state index in [1.54, 1.807) is 0 Å². The Bertz CT molecular complexity index is 564. The van der Waals surface area contributed by atoms with Gasteiger partial charge in [-0.15, -0.1) is 13.2 Å². The zero-order valence-electron chi connectivity index (χ0n) is 10.2.